The van der Waals surface area contributed by atoms with Crippen molar-refractivity contribution in [3.8, 4) is 5.75 Å². The minimum Gasteiger partial charge on any atom is -0.494 e. The molecule has 2 aromatic rings. The van der Waals surface area contributed by atoms with Gasteiger partial charge < -0.3 is 15.0 Å². The summed E-state index contributed by atoms with van der Waals surface area (Å²) in [5, 5.41) is 3.31. The molecule has 2 aromatic carbocycles. The quantitative estimate of drug-likeness (QED) is 0.456. The molecule has 35 heavy (non-hydrogen) atoms. The highest BCUT2D eigenvalue weighted by Gasteiger charge is 2.32. The van der Waals surface area contributed by atoms with E-state index in [0.29, 0.717) is 35.1 Å². The molecule has 0 saturated heterocycles. The van der Waals surface area contributed by atoms with Gasteiger partial charge in [-0.05, 0) is 63.1 Å². The standard InChI is InChI=1S/C25H34ClN3O5S/c1-6-23(25(31)27-18(3)4)28(16-19-10-8-9-11-22(19)26)24(30)17-29(35(5,32)33)20-12-14-21(15-13-20)34-7-2/h8-15,18,23H,6-7,16-17H2,1-5H3,(H,27,31)/t23-/m1/s1. The third-order valence-electron chi connectivity index (χ3n) is 5.23. The fourth-order valence-electron chi connectivity index (χ4n) is 3.60. The van der Waals surface area contributed by atoms with Gasteiger partial charge in [0.15, 0.2) is 0 Å². The zero-order chi connectivity index (χ0) is 26.2. The average Bonchev–Trinajstić information content (AvgIpc) is 2.78. The van der Waals surface area contributed by atoms with Gasteiger partial charge in [0.1, 0.15) is 18.3 Å². The number of sulfonamides is 1. The van der Waals surface area contributed by atoms with Gasteiger partial charge in [-0.2, -0.15) is 0 Å². The number of rotatable bonds is 12. The van der Waals surface area contributed by atoms with Crippen LogP contribution in [-0.4, -0.2) is 56.6 Å². The Hall–Kier alpha value is -2.78. The van der Waals surface area contributed by atoms with Crippen molar-refractivity contribution in [2.45, 2.75) is 52.7 Å². The van der Waals surface area contributed by atoms with Crippen LogP contribution in [0.25, 0.3) is 0 Å². The van der Waals surface area contributed by atoms with Crippen molar-refractivity contribution in [1.29, 1.82) is 0 Å². The van der Waals surface area contributed by atoms with Crippen LogP contribution in [0, 0.1) is 0 Å². The molecule has 0 aromatic heterocycles. The first-order valence-corrected chi connectivity index (χ1v) is 13.7. The second kappa shape index (κ2) is 12.8. The van der Waals surface area contributed by atoms with E-state index >= 15 is 0 Å². The predicted octanol–water partition coefficient (Wildman–Crippen LogP) is 3.84. The van der Waals surface area contributed by atoms with Gasteiger partial charge in [0.25, 0.3) is 0 Å². The number of carbonyl (C=O) groups is 2. The first-order chi connectivity index (χ1) is 16.5. The largest absolute Gasteiger partial charge is 0.494 e. The van der Waals surface area contributed by atoms with E-state index in [1.54, 1.807) is 55.5 Å². The lowest BCUT2D eigenvalue weighted by molar-refractivity contribution is -0.140. The first kappa shape index (κ1) is 28.5. The van der Waals surface area contributed by atoms with E-state index in [0.717, 1.165) is 10.6 Å². The number of ether oxygens (including phenoxy) is 1. The molecule has 2 rings (SSSR count). The van der Waals surface area contributed by atoms with Crippen molar-refractivity contribution in [3.63, 3.8) is 0 Å². The monoisotopic (exact) mass is 523 g/mol. The van der Waals surface area contributed by atoms with E-state index in [4.69, 9.17) is 16.3 Å². The molecule has 1 N–H and O–H groups in total. The molecule has 2 amide bonds. The van der Waals surface area contributed by atoms with Gasteiger partial charge in [0.05, 0.1) is 18.6 Å². The van der Waals surface area contributed by atoms with E-state index in [-0.39, 0.29) is 18.5 Å². The number of amides is 2. The topological polar surface area (TPSA) is 96.0 Å². The highest BCUT2D eigenvalue weighted by molar-refractivity contribution is 7.92. The summed E-state index contributed by atoms with van der Waals surface area (Å²) in [5.41, 5.74) is 0.979. The molecule has 0 aliphatic heterocycles. The summed E-state index contributed by atoms with van der Waals surface area (Å²) >= 11 is 6.34. The molecule has 0 bridgehead atoms. The van der Waals surface area contributed by atoms with Crippen LogP contribution in [0.2, 0.25) is 5.02 Å². The van der Waals surface area contributed by atoms with E-state index in [2.05, 4.69) is 5.32 Å². The second-order valence-corrected chi connectivity index (χ2v) is 10.7. The first-order valence-electron chi connectivity index (χ1n) is 11.5. The molecule has 1 atom stereocenters. The number of halogens is 1. The Morgan fingerprint density at radius 3 is 2.20 bits per heavy atom. The van der Waals surface area contributed by atoms with Crippen LogP contribution in [0.4, 0.5) is 5.69 Å². The van der Waals surface area contributed by atoms with Crippen molar-refractivity contribution >= 4 is 39.1 Å². The lowest BCUT2D eigenvalue weighted by atomic mass is 10.1. The lowest BCUT2D eigenvalue weighted by Crippen LogP contribution is -2.53. The van der Waals surface area contributed by atoms with Gasteiger partial charge >= 0.3 is 0 Å². The highest BCUT2D eigenvalue weighted by atomic mass is 35.5. The molecule has 192 valence electrons. The average molecular weight is 524 g/mol. The normalized spacial score (nSPS) is 12.2. The Labute approximate surface area is 213 Å². The Bertz CT molecular complexity index is 1110. The Morgan fingerprint density at radius 2 is 1.69 bits per heavy atom. The minimum atomic E-state index is -3.81. The minimum absolute atomic E-state index is 0.0589. The molecule has 0 unspecified atom stereocenters. The highest BCUT2D eigenvalue weighted by Crippen LogP contribution is 2.24. The number of carbonyl (C=O) groups excluding carboxylic acids is 2. The van der Waals surface area contributed by atoms with Crippen LogP contribution in [0.1, 0.15) is 39.7 Å². The van der Waals surface area contributed by atoms with Crippen molar-refractivity contribution in [1.82, 2.24) is 10.2 Å². The third kappa shape index (κ3) is 8.14. The van der Waals surface area contributed by atoms with Crippen LogP contribution < -0.4 is 14.4 Å². The maximum absolute atomic E-state index is 13.6. The summed E-state index contributed by atoms with van der Waals surface area (Å²) in [5.74, 6) is -0.238. The van der Waals surface area contributed by atoms with E-state index < -0.39 is 28.5 Å². The predicted molar refractivity (Wildman–Crippen MR) is 139 cm³/mol. The molecular weight excluding hydrogens is 490 g/mol. The molecular formula is C25H34ClN3O5S. The molecule has 0 radical (unpaired) electrons. The smallest absolute Gasteiger partial charge is 0.244 e. The number of nitrogens with one attached hydrogen (secondary N) is 1. The molecule has 0 fully saturated rings. The zero-order valence-corrected chi connectivity index (χ0v) is 22.4. The molecule has 0 heterocycles. The SMILES string of the molecule is CCOc1ccc(N(CC(=O)N(Cc2ccccc2Cl)[C@H](CC)C(=O)NC(C)C)S(C)(=O)=O)cc1. The molecule has 0 saturated carbocycles. The van der Waals surface area contributed by atoms with Crippen molar-refractivity contribution < 1.29 is 22.7 Å². The van der Waals surface area contributed by atoms with Crippen LogP contribution in [0.5, 0.6) is 5.75 Å². The Balaban J connectivity index is 2.43. The maximum Gasteiger partial charge on any atom is 0.244 e. The van der Waals surface area contributed by atoms with Crippen LogP contribution in [0.3, 0.4) is 0 Å². The fourth-order valence-corrected chi connectivity index (χ4v) is 4.64. The van der Waals surface area contributed by atoms with Crippen LogP contribution >= 0.6 is 11.6 Å². The van der Waals surface area contributed by atoms with E-state index in [1.807, 2.05) is 20.8 Å². The van der Waals surface area contributed by atoms with Crippen molar-refractivity contribution in [3.05, 3.63) is 59.1 Å². The lowest BCUT2D eigenvalue weighted by Gasteiger charge is -2.33. The Kier molecular flexibility index (Phi) is 10.4. The second-order valence-electron chi connectivity index (χ2n) is 8.40. The van der Waals surface area contributed by atoms with Gasteiger partial charge in [-0.3, -0.25) is 13.9 Å². The maximum atomic E-state index is 13.6. The van der Waals surface area contributed by atoms with Crippen LogP contribution in [-0.2, 0) is 26.2 Å². The summed E-state index contributed by atoms with van der Waals surface area (Å²) in [6, 6.07) is 12.6. The zero-order valence-electron chi connectivity index (χ0n) is 20.8. The molecule has 0 aliphatic carbocycles. The third-order valence-corrected chi connectivity index (χ3v) is 6.74. The Morgan fingerprint density at radius 1 is 1.06 bits per heavy atom. The summed E-state index contributed by atoms with van der Waals surface area (Å²) in [7, 11) is -3.81. The summed E-state index contributed by atoms with van der Waals surface area (Å²) in [6.07, 6.45) is 1.38. The van der Waals surface area contributed by atoms with Gasteiger partial charge in [0, 0.05) is 17.6 Å². The molecule has 0 spiro atoms. The summed E-state index contributed by atoms with van der Waals surface area (Å²) in [6.45, 7) is 7.39. The van der Waals surface area contributed by atoms with Gasteiger partial charge in [-0.15, -0.1) is 0 Å². The van der Waals surface area contributed by atoms with E-state index in [9.17, 15) is 18.0 Å². The number of nitrogens with zero attached hydrogens (tertiary/aromatic N) is 2. The number of benzene rings is 2. The molecule has 10 heteroatoms. The van der Waals surface area contributed by atoms with Gasteiger partial charge in [-0.25, -0.2) is 8.42 Å². The van der Waals surface area contributed by atoms with Crippen LogP contribution in [0.15, 0.2) is 48.5 Å². The van der Waals surface area contributed by atoms with E-state index in [1.165, 1.54) is 4.90 Å². The molecule has 0 aliphatic rings. The van der Waals surface area contributed by atoms with Gasteiger partial charge in [0.2, 0.25) is 21.8 Å². The van der Waals surface area contributed by atoms with Crippen molar-refractivity contribution in [2.24, 2.45) is 0 Å². The summed E-state index contributed by atoms with van der Waals surface area (Å²) < 4.78 is 31.8. The number of anilines is 1. The van der Waals surface area contributed by atoms with Gasteiger partial charge in [-0.1, -0.05) is 36.7 Å². The number of hydrogen-bond donors (Lipinski definition) is 1. The number of hydrogen-bond acceptors (Lipinski definition) is 5. The van der Waals surface area contributed by atoms with Crippen molar-refractivity contribution in [2.75, 3.05) is 23.7 Å². The summed E-state index contributed by atoms with van der Waals surface area (Å²) in [4.78, 5) is 28.0. The fraction of sp³-hybridized carbons (Fsp3) is 0.440. The molecule has 8 nitrogen and oxygen atoms in total.